The summed E-state index contributed by atoms with van der Waals surface area (Å²) in [6.07, 6.45) is 7.13. The third kappa shape index (κ3) is 14.7. The molecule has 0 unspecified atom stereocenters. The van der Waals surface area contributed by atoms with Gasteiger partial charge in [0.05, 0.1) is 11.5 Å². The molecule has 3 amide bonds. The fourth-order valence-electron chi connectivity index (χ4n) is 7.61. The van der Waals surface area contributed by atoms with Crippen molar-refractivity contribution in [2.75, 3.05) is 25.4 Å². The van der Waals surface area contributed by atoms with E-state index in [0.717, 1.165) is 57.1 Å². The van der Waals surface area contributed by atoms with Gasteiger partial charge >= 0.3 is 5.97 Å². The number of nitrogen functional groups attached to an aromatic ring is 1. The van der Waals surface area contributed by atoms with Crippen molar-refractivity contribution in [3.8, 4) is 0 Å². The van der Waals surface area contributed by atoms with E-state index in [-0.39, 0.29) is 47.8 Å². The fourth-order valence-corrected chi connectivity index (χ4v) is 8.47. The minimum absolute atomic E-state index is 0.0617. The maximum Gasteiger partial charge on any atom is 0.309 e. The van der Waals surface area contributed by atoms with Crippen molar-refractivity contribution >= 4 is 40.7 Å². The maximum absolute atomic E-state index is 14.8. The topological polar surface area (TPSA) is 176 Å². The number of anilines is 1. The molecule has 1 fully saturated rings. The number of thiazole rings is 1. The van der Waals surface area contributed by atoms with Gasteiger partial charge in [-0.2, -0.15) is 0 Å². The van der Waals surface area contributed by atoms with Crippen LogP contribution in [-0.2, 0) is 25.5 Å². The van der Waals surface area contributed by atoms with Crippen LogP contribution in [0, 0.1) is 23.2 Å². The van der Waals surface area contributed by atoms with E-state index < -0.39 is 35.5 Å². The lowest BCUT2D eigenvalue weighted by Crippen LogP contribution is -2.59. The molecule has 1 aromatic heterocycles. The van der Waals surface area contributed by atoms with Crippen molar-refractivity contribution in [1.29, 1.82) is 0 Å². The predicted octanol–water partition coefficient (Wildman–Crippen LogP) is 7.39. The van der Waals surface area contributed by atoms with Crippen LogP contribution in [0.2, 0.25) is 0 Å². The van der Waals surface area contributed by atoms with Crippen LogP contribution < -0.4 is 21.7 Å². The number of carboxylic acid groups (broad SMARTS) is 1. The first-order valence-corrected chi connectivity index (χ1v) is 22.2. The Morgan fingerprint density at radius 1 is 1.07 bits per heavy atom. The molecular weight excluding hydrogens is 741 g/mol. The van der Waals surface area contributed by atoms with E-state index in [0.29, 0.717) is 42.6 Å². The molecule has 0 saturated carbocycles. The van der Waals surface area contributed by atoms with E-state index in [1.807, 2.05) is 30.9 Å². The molecule has 0 aliphatic carbocycles. The predicted molar refractivity (Wildman–Crippen MR) is 229 cm³/mol. The molecule has 320 valence electrons. The third-order valence-electron chi connectivity index (χ3n) is 11.5. The minimum atomic E-state index is -1.08. The highest BCUT2D eigenvalue weighted by molar-refractivity contribution is 7.09. The second-order valence-electron chi connectivity index (χ2n) is 17.2. The molecule has 2 heterocycles. The summed E-state index contributed by atoms with van der Waals surface area (Å²) in [5, 5.41) is 21.9. The van der Waals surface area contributed by atoms with Gasteiger partial charge in [-0.15, -0.1) is 11.3 Å². The second kappa shape index (κ2) is 23.1. The van der Waals surface area contributed by atoms with E-state index in [1.54, 1.807) is 31.4 Å². The Kier molecular flexibility index (Phi) is 19.4. The van der Waals surface area contributed by atoms with Crippen molar-refractivity contribution < 1.29 is 29.0 Å². The highest BCUT2D eigenvalue weighted by Gasteiger charge is 2.38. The largest absolute Gasteiger partial charge is 0.481 e. The summed E-state index contributed by atoms with van der Waals surface area (Å²) in [6.45, 7) is 19.6. The molecule has 3 rings (SSSR count). The van der Waals surface area contributed by atoms with Crippen molar-refractivity contribution in [2.24, 2.45) is 23.2 Å². The number of benzene rings is 1. The molecule has 0 bridgehead atoms. The molecule has 6 N–H and O–H groups in total. The Hall–Kier alpha value is -3.55. The Morgan fingerprint density at radius 2 is 1.77 bits per heavy atom. The lowest BCUT2D eigenvalue weighted by molar-refractivity contribution is -0.147. The Labute approximate surface area is 345 Å². The summed E-state index contributed by atoms with van der Waals surface area (Å²) in [5.74, 6) is -1.09. The van der Waals surface area contributed by atoms with Crippen LogP contribution in [0.3, 0.4) is 0 Å². The molecule has 1 aliphatic rings. The minimum Gasteiger partial charge on any atom is -0.481 e. The number of carbonyl (C=O) groups is 4. The van der Waals surface area contributed by atoms with Gasteiger partial charge in [0, 0.05) is 42.7 Å². The number of nitrogens with two attached hydrogens (primary N) is 1. The molecule has 57 heavy (non-hydrogen) atoms. The molecule has 0 spiro atoms. The van der Waals surface area contributed by atoms with Gasteiger partial charge in [-0.1, -0.05) is 79.4 Å². The smallest absolute Gasteiger partial charge is 0.309 e. The number of ether oxygens (including phenoxy) is 1. The molecule has 0 radical (unpaired) electrons. The van der Waals surface area contributed by atoms with E-state index in [9.17, 15) is 24.3 Å². The highest BCUT2D eigenvalue weighted by atomic mass is 32.1. The number of amides is 3. The summed E-state index contributed by atoms with van der Waals surface area (Å²) in [5.41, 5.74) is 6.59. The fraction of sp³-hybridized carbons (Fsp3) is 0.705. The summed E-state index contributed by atoms with van der Waals surface area (Å²) in [7, 11) is 0. The van der Waals surface area contributed by atoms with Crippen molar-refractivity contribution in [3.05, 3.63) is 45.9 Å². The summed E-state index contributed by atoms with van der Waals surface area (Å²) >= 11 is 1.34. The maximum atomic E-state index is 14.8. The standard InChI is InChI=1S/C44H72N6O6S/c1-10-13-14-15-22-50(42(53)38(30(7)11-2)49-39(51)34-23-29(6)20-21-46-34)36(28(4)5)25-37(56-12-3)41-48-35(27-57-41)40(52)47-33(26-44(8,9)43(54)55)24-31-16-18-32(45)19-17-31/h16-19,27-30,33-34,36-38,46H,10-15,20-26,45H2,1-9H3,(H,47,52)(H,49,51)(H,54,55)/t29-,30+,33+,34-,36-,37-,38+/m1/s1. The first-order valence-electron chi connectivity index (χ1n) is 21.3. The molecule has 13 heteroatoms. The number of hydrogen-bond acceptors (Lipinski definition) is 9. The molecule has 7 atom stereocenters. The van der Waals surface area contributed by atoms with E-state index in [1.165, 1.54) is 11.3 Å². The number of nitrogens with zero attached hydrogens (tertiary/aromatic N) is 2. The quantitative estimate of drug-likeness (QED) is 0.0535. The van der Waals surface area contributed by atoms with Crippen LogP contribution in [-0.4, -0.2) is 82.5 Å². The van der Waals surface area contributed by atoms with Gasteiger partial charge in [-0.05, 0) is 94.9 Å². The summed E-state index contributed by atoms with van der Waals surface area (Å²) < 4.78 is 6.34. The summed E-state index contributed by atoms with van der Waals surface area (Å²) in [6, 6.07) is 5.65. The summed E-state index contributed by atoms with van der Waals surface area (Å²) in [4.78, 5) is 61.1. The third-order valence-corrected chi connectivity index (χ3v) is 12.4. The number of rotatable bonds is 24. The Bertz CT molecular complexity index is 1560. The number of carboxylic acids is 1. The van der Waals surface area contributed by atoms with Crippen molar-refractivity contribution in [3.63, 3.8) is 0 Å². The van der Waals surface area contributed by atoms with Gasteiger partial charge in [-0.25, -0.2) is 4.98 Å². The molecule has 1 saturated heterocycles. The zero-order valence-corrected chi connectivity index (χ0v) is 36.9. The van der Waals surface area contributed by atoms with Crippen molar-refractivity contribution in [1.82, 2.24) is 25.8 Å². The number of nitrogens with one attached hydrogen (secondary N) is 3. The number of hydrogen-bond donors (Lipinski definition) is 5. The first kappa shape index (κ1) is 47.8. The Morgan fingerprint density at radius 3 is 2.37 bits per heavy atom. The van der Waals surface area contributed by atoms with Gasteiger partial charge < -0.3 is 36.4 Å². The van der Waals surface area contributed by atoms with Crippen LogP contribution in [0.4, 0.5) is 5.69 Å². The van der Waals surface area contributed by atoms with Gasteiger partial charge in [0.15, 0.2) is 0 Å². The van der Waals surface area contributed by atoms with Gasteiger partial charge in [0.25, 0.3) is 5.91 Å². The highest BCUT2D eigenvalue weighted by Crippen LogP contribution is 2.32. The number of carbonyl (C=O) groups excluding carboxylic acids is 3. The van der Waals surface area contributed by atoms with E-state index in [4.69, 9.17) is 15.5 Å². The van der Waals surface area contributed by atoms with E-state index >= 15 is 0 Å². The number of piperidine rings is 1. The monoisotopic (exact) mass is 813 g/mol. The zero-order chi connectivity index (χ0) is 42.3. The average Bonchev–Trinajstić information content (AvgIpc) is 3.66. The first-order chi connectivity index (χ1) is 27.0. The number of aliphatic carboxylic acids is 1. The molecular formula is C44H72N6O6S. The number of aromatic nitrogens is 1. The van der Waals surface area contributed by atoms with Crippen LogP contribution in [0.5, 0.6) is 0 Å². The SMILES string of the molecule is CCCCCCN(C(=O)[C@@H](NC(=O)[C@H]1C[C@H](C)CCN1)[C@@H](C)CC)[C@H](C[C@@H](OCC)c1nc(C(=O)N[C@@H](Cc2ccc(N)cc2)CC(C)(C)C(=O)O)cs1)C(C)C. The normalized spacial score (nSPS) is 18.6. The lowest BCUT2D eigenvalue weighted by Gasteiger charge is -2.40. The van der Waals surface area contributed by atoms with Gasteiger partial charge in [0.2, 0.25) is 11.8 Å². The van der Waals surface area contributed by atoms with Crippen LogP contribution in [0.15, 0.2) is 29.6 Å². The zero-order valence-electron chi connectivity index (χ0n) is 36.1. The molecule has 12 nitrogen and oxygen atoms in total. The lowest BCUT2D eigenvalue weighted by atomic mass is 9.84. The second-order valence-corrected chi connectivity index (χ2v) is 18.1. The average molecular weight is 813 g/mol. The molecule has 1 aromatic carbocycles. The molecule has 2 aromatic rings. The van der Waals surface area contributed by atoms with Crippen LogP contribution in [0.25, 0.3) is 0 Å². The van der Waals surface area contributed by atoms with Crippen LogP contribution >= 0.6 is 11.3 Å². The number of unbranched alkanes of at least 4 members (excludes halogenated alkanes) is 3. The van der Waals surface area contributed by atoms with Crippen LogP contribution in [0.1, 0.15) is 147 Å². The Balaban J connectivity index is 1.90. The van der Waals surface area contributed by atoms with E-state index in [2.05, 4.69) is 50.6 Å². The van der Waals surface area contributed by atoms with Gasteiger partial charge in [-0.3, -0.25) is 19.2 Å². The van der Waals surface area contributed by atoms with Crippen molar-refractivity contribution in [2.45, 2.75) is 157 Å². The molecule has 1 aliphatic heterocycles. The van der Waals surface area contributed by atoms with Gasteiger partial charge in [0.1, 0.15) is 22.8 Å².